The molecule has 6 N–H and O–H groups in total. The smallest absolute Gasteiger partial charge is 0.332 e. The summed E-state index contributed by atoms with van der Waals surface area (Å²) in [7, 11) is 0. The lowest BCUT2D eigenvalue weighted by molar-refractivity contribution is 0.248. The van der Waals surface area contributed by atoms with Crippen LogP contribution in [-0.2, 0) is 0 Å². The lowest BCUT2D eigenvalue weighted by atomic mass is 10.4. The molecule has 82 valence electrons. The third-order valence-electron chi connectivity index (χ3n) is 1.02. The van der Waals surface area contributed by atoms with Crippen molar-refractivity contribution in [2.45, 2.75) is 6.92 Å². The summed E-state index contributed by atoms with van der Waals surface area (Å²) in [6.45, 7) is 1.64. The van der Waals surface area contributed by atoms with E-state index >= 15 is 0 Å². The Morgan fingerprint density at radius 3 is 2.33 bits per heavy atom. The predicted molar refractivity (Wildman–Crippen MR) is 56.2 cm³/mol. The standard InChI is InChI=1S/C7H12N6O2/c1-5(11-13-7(9)15)3-2-4-10-12-6(8)14/h2-4H,1H3,(H3,8,12,14)(H3,9,13,15). The van der Waals surface area contributed by atoms with Gasteiger partial charge in [-0.15, -0.1) is 0 Å². The van der Waals surface area contributed by atoms with Gasteiger partial charge in [0.2, 0.25) is 0 Å². The van der Waals surface area contributed by atoms with Crippen LogP contribution in [0.25, 0.3) is 0 Å². The molecule has 0 saturated heterocycles. The lowest BCUT2D eigenvalue weighted by Gasteiger charge is -1.92. The van der Waals surface area contributed by atoms with Gasteiger partial charge in [-0.25, -0.2) is 20.4 Å². The van der Waals surface area contributed by atoms with Gasteiger partial charge in [0.25, 0.3) is 0 Å². The Hall–Kier alpha value is -2.38. The fourth-order valence-corrected chi connectivity index (χ4v) is 0.507. The first-order valence-electron chi connectivity index (χ1n) is 3.87. The molecule has 0 aliphatic heterocycles. The summed E-state index contributed by atoms with van der Waals surface area (Å²) < 4.78 is 0. The maximum absolute atomic E-state index is 10.2. The van der Waals surface area contributed by atoms with Crippen LogP contribution < -0.4 is 22.3 Å². The number of carbonyl (C=O) groups is 2. The molecule has 0 unspecified atom stereocenters. The van der Waals surface area contributed by atoms with E-state index in [9.17, 15) is 9.59 Å². The van der Waals surface area contributed by atoms with Crippen molar-refractivity contribution in [3.05, 3.63) is 12.2 Å². The van der Waals surface area contributed by atoms with Crippen LogP contribution in [0.3, 0.4) is 0 Å². The van der Waals surface area contributed by atoms with Crippen LogP contribution >= 0.6 is 0 Å². The molecule has 0 heterocycles. The molecule has 0 rings (SSSR count). The van der Waals surface area contributed by atoms with E-state index in [0.717, 1.165) is 0 Å². The van der Waals surface area contributed by atoms with E-state index in [0.29, 0.717) is 5.71 Å². The molecule has 0 spiro atoms. The van der Waals surface area contributed by atoms with Gasteiger partial charge >= 0.3 is 12.1 Å². The molecule has 0 aromatic heterocycles. The summed E-state index contributed by atoms with van der Waals surface area (Å²) in [6.07, 6.45) is 4.34. The molecular formula is C7H12N6O2. The maximum Gasteiger partial charge on any atom is 0.332 e. The molecule has 15 heavy (non-hydrogen) atoms. The third-order valence-corrected chi connectivity index (χ3v) is 1.02. The number of hydrogen-bond donors (Lipinski definition) is 4. The van der Waals surface area contributed by atoms with Crippen molar-refractivity contribution in [2.75, 3.05) is 0 Å². The molecular weight excluding hydrogens is 200 g/mol. The fraction of sp³-hybridized carbons (Fsp3) is 0.143. The second-order valence-electron chi connectivity index (χ2n) is 2.34. The largest absolute Gasteiger partial charge is 0.350 e. The molecule has 0 aliphatic carbocycles. The summed E-state index contributed by atoms with van der Waals surface area (Å²) in [4.78, 5) is 20.4. The number of nitrogens with one attached hydrogen (secondary N) is 2. The molecule has 8 heteroatoms. The Labute approximate surface area is 86.1 Å². The molecule has 4 amide bonds. The number of hydrazone groups is 2. The van der Waals surface area contributed by atoms with Gasteiger partial charge in [0, 0.05) is 6.21 Å². The number of nitrogens with two attached hydrogens (primary N) is 2. The number of primary amides is 2. The van der Waals surface area contributed by atoms with Crippen molar-refractivity contribution in [3.63, 3.8) is 0 Å². The molecule has 0 aliphatic rings. The van der Waals surface area contributed by atoms with Crippen molar-refractivity contribution in [1.82, 2.24) is 10.9 Å². The van der Waals surface area contributed by atoms with Gasteiger partial charge in [0.1, 0.15) is 0 Å². The van der Waals surface area contributed by atoms with E-state index < -0.39 is 12.1 Å². The minimum atomic E-state index is -0.750. The Morgan fingerprint density at radius 1 is 1.20 bits per heavy atom. The first-order valence-corrected chi connectivity index (χ1v) is 3.87. The van der Waals surface area contributed by atoms with E-state index in [1.807, 2.05) is 10.9 Å². The van der Waals surface area contributed by atoms with E-state index in [2.05, 4.69) is 10.2 Å². The summed E-state index contributed by atoms with van der Waals surface area (Å²) in [5.74, 6) is 0. The molecule has 0 fully saturated rings. The van der Waals surface area contributed by atoms with Crippen molar-refractivity contribution in [3.8, 4) is 0 Å². The number of hydrogen-bond acceptors (Lipinski definition) is 4. The second-order valence-corrected chi connectivity index (χ2v) is 2.34. The first-order chi connectivity index (χ1) is 7.02. The number of carbonyl (C=O) groups excluding carboxylic acids is 2. The summed E-state index contributed by atoms with van der Waals surface area (Å²) in [5.41, 5.74) is 14.1. The Balaban J connectivity index is 3.95. The highest BCUT2D eigenvalue weighted by Crippen LogP contribution is 1.77. The summed E-state index contributed by atoms with van der Waals surface area (Å²) >= 11 is 0. The van der Waals surface area contributed by atoms with Crippen molar-refractivity contribution in [2.24, 2.45) is 21.7 Å². The van der Waals surface area contributed by atoms with Gasteiger partial charge in [-0.05, 0) is 19.1 Å². The normalized spacial score (nSPS) is 11.9. The molecule has 8 nitrogen and oxygen atoms in total. The first kappa shape index (κ1) is 12.6. The minimum absolute atomic E-state index is 0.513. The fourth-order valence-electron chi connectivity index (χ4n) is 0.507. The van der Waals surface area contributed by atoms with E-state index in [-0.39, 0.29) is 0 Å². The molecule has 0 aromatic rings. The Bertz CT molecular complexity index is 319. The summed E-state index contributed by atoms with van der Waals surface area (Å²) in [6, 6.07) is -1.49. The van der Waals surface area contributed by atoms with Crippen LogP contribution in [-0.4, -0.2) is 24.0 Å². The van der Waals surface area contributed by atoms with E-state index in [4.69, 9.17) is 11.5 Å². The highest BCUT2D eigenvalue weighted by atomic mass is 16.2. The number of amides is 4. The highest BCUT2D eigenvalue weighted by molar-refractivity contribution is 5.96. The summed E-state index contributed by atoms with van der Waals surface area (Å²) in [5, 5.41) is 7.02. The van der Waals surface area contributed by atoms with E-state index in [1.54, 1.807) is 13.0 Å². The van der Waals surface area contributed by atoms with Gasteiger partial charge in [0.15, 0.2) is 0 Å². The van der Waals surface area contributed by atoms with Crippen molar-refractivity contribution in [1.29, 1.82) is 0 Å². The third kappa shape index (κ3) is 9.53. The Morgan fingerprint density at radius 2 is 1.80 bits per heavy atom. The van der Waals surface area contributed by atoms with Crippen molar-refractivity contribution >= 4 is 24.0 Å². The molecule has 0 aromatic carbocycles. The lowest BCUT2D eigenvalue weighted by Crippen LogP contribution is -2.25. The monoisotopic (exact) mass is 212 g/mol. The van der Waals surface area contributed by atoms with Gasteiger partial charge in [-0.2, -0.15) is 10.2 Å². The van der Waals surface area contributed by atoms with Gasteiger partial charge in [0.05, 0.1) is 5.71 Å². The zero-order valence-corrected chi connectivity index (χ0v) is 8.10. The van der Waals surface area contributed by atoms with Gasteiger partial charge in [-0.1, -0.05) is 0 Å². The molecule has 0 saturated carbocycles. The molecule has 0 atom stereocenters. The minimum Gasteiger partial charge on any atom is -0.350 e. The molecule has 0 radical (unpaired) electrons. The molecule has 0 bridgehead atoms. The van der Waals surface area contributed by atoms with E-state index in [1.165, 1.54) is 12.3 Å². The average molecular weight is 212 g/mol. The van der Waals surface area contributed by atoms with Crippen LogP contribution in [0.1, 0.15) is 6.92 Å². The zero-order chi connectivity index (χ0) is 11.7. The highest BCUT2D eigenvalue weighted by Gasteiger charge is 1.86. The topological polar surface area (TPSA) is 135 Å². The number of allylic oxidation sites excluding steroid dienone is 2. The quantitative estimate of drug-likeness (QED) is 0.360. The van der Waals surface area contributed by atoms with Crippen molar-refractivity contribution < 1.29 is 9.59 Å². The SMILES string of the molecule is CC(C=CC=NNC(N)=O)=NNC(N)=O. The maximum atomic E-state index is 10.2. The van der Waals surface area contributed by atoms with Crippen LogP contribution in [0.15, 0.2) is 22.4 Å². The predicted octanol–water partition coefficient (Wildman–Crippen LogP) is -0.759. The van der Waals surface area contributed by atoms with Gasteiger partial charge in [-0.3, -0.25) is 0 Å². The van der Waals surface area contributed by atoms with Crippen LogP contribution in [0.5, 0.6) is 0 Å². The van der Waals surface area contributed by atoms with Crippen LogP contribution in [0.4, 0.5) is 9.59 Å². The Kier molecular flexibility index (Phi) is 5.94. The number of nitrogens with zero attached hydrogens (tertiary/aromatic N) is 2. The number of urea groups is 2. The van der Waals surface area contributed by atoms with Gasteiger partial charge < -0.3 is 11.5 Å². The van der Waals surface area contributed by atoms with Crippen LogP contribution in [0.2, 0.25) is 0 Å². The zero-order valence-electron chi connectivity index (χ0n) is 8.10. The average Bonchev–Trinajstić information content (AvgIpc) is 2.13. The van der Waals surface area contributed by atoms with Crippen LogP contribution in [0, 0.1) is 0 Å². The second kappa shape index (κ2) is 7.06. The number of rotatable bonds is 4.